The first-order valence-corrected chi connectivity index (χ1v) is 11.0. The Hall–Kier alpha value is -1.38. The van der Waals surface area contributed by atoms with E-state index in [4.69, 9.17) is 9.84 Å². The number of carbonyl (C=O) groups excluding carboxylic acids is 1. The molecular weight excluding hydrogens is 418 g/mol. The van der Waals surface area contributed by atoms with E-state index < -0.39 is 71.1 Å². The second kappa shape index (κ2) is 8.19. The van der Waals surface area contributed by atoms with Gasteiger partial charge in [0.15, 0.2) is 0 Å². The number of fused-ring (bicyclic) bond motifs is 1. The number of carboxylic acid groups (broad SMARTS) is 1. The van der Waals surface area contributed by atoms with Crippen LogP contribution in [0.5, 0.6) is 0 Å². The molecule has 31 heavy (non-hydrogen) atoms. The van der Waals surface area contributed by atoms with Gasteiger partial charge in [-0.2, -0.15) is 13.2 Å². The molecule has 1 heterocycles. The highest BCUT2D eigenvalue weighted by Crippen LogP contribution is 2.56. The molecule has 5 nitrogen and oxygen atoms in total. The summed E-state index contributed by atoms with van der Waals surface area (Å²) < 4.78 is 62.0. The van der Waals surface area contributed by atoms with Gasteiger partial charge in [0.2, 0.25) is 5.91 Å². The Labute approximate surface area is 180 Å². The lowest BCUT2D eigenvalue weighted by Gasteiger charge is -2.56. The van der Waals surface area contributed by atoms with E-state index in [2.05, 4.69) is 5.32 Å². The molecule has 9 heteroatoms. The van der Waals surface area contributed by atoms with Crippen molar-refractivity contribution in [3.8, 4) is 0 Å². The first kappa shape index (κ1) is 24.3. The quantitative estimate of drug-likeness (QED) is 0.620. The van der Waals surface area contributed by atoms with Crippen molar-refractivity contribution < 1.29 is 37.0 Å². The maximum Gasteiger partial charge on any atom is 0.394 e. The first-order valence-electron chi connectivity index (χ1n) is 11.0. The van der Waals surface area contributed by atoms with E-state index in [0.29, 0.717) is 12.8 Å². The van der Waals surface area contributed by atoms with Gasteiger partial charge in [0.1, 0.15) is 6.17 Å². The van der Waals surface area contributed by atoms with Crippen molar-refractivity contribution >= 4 is 11.9 Å². The predicted octanol–water partition coefficient (Wildman–Crippen LogP) is 4.49. The van der Waals surface area contributed by atoms with E-state index in [9.17, 15) is 27.2 Å². The molecule has 1 saturated heterocycles. The zero-order valence-electron chi connectivity index (χ0n) is 18.5. The summed E-state index contributed by atoms with van der Waals surface area (Å²) in [7, 11) is 0. The van der Waals surface area contributed by atoms with E-state index in [0.717, 1.165) is 0 Å². The van der Waals surface area contributed by atoms with Gasteiger partial charge in [0.05, 0.1) is 23.5 Å². The van der Waals surface area contributed by atoms with Gasteiger partial charge in [0, 0.05) is 12.0 Å². The van der Waals surface area contributed by atoms with Crippen LogP contribution in [0, 0.1) is 29.1 Å². The highest BCUT2D eigenvalue weighted by molar-refractivity contribution is 5.79. The third-order valence-corrected chi connectivity index (χ3v) is 7.44. The number of carboxylic acids is 1. The minimum absolute atomic E-state index is 0.0952. The number of alkyl halides is 4. The number of nitrogens with one attached hydrogen (secondary N) is 1. The number of ether oxygens (including phenoxy) is 1. The van der Waals surface area contributed by atoms with Crippen LogP contribution >= 0.6 is 0 Å². The zero-order valence-corrected chi connectivity index (χ0v) is 18.5. The van der Waals surface area contributed by atoms with Crippen molar-refractivity contribution in [3.05, 3.63) is 0 Å². The van der Waals surface area contributed by atoms with Crippen molar-refractivity contribution in [2.75, 3.05) is 0 Å². The lowest BCUT2D eigenvalue weighted by atomic mass is 9.58. The van der Waals surface area contributed by atoms with Crippen LogP contribution in [-0.2, 0) is 14.3 Å². The minimum atomic E-state index is -4.49. The normalized spacial score (nSPS) is 39.9. The minimum Gasteiger partial charge on any atom is -0.481 e. The Morgan fingerprint density at radius 1 is 1.06 bits per heavy atom. The van der Waals surface area contributed by atoms with Crippen LogP contribution in [0.15, 0.2) is 0 Å². The fourth-order valence-electron chi connectivity index (χ4n) is 6.20. The highest BCUT2D eigenvalue weighted by Gasteiger charge is 2.59. The monoisotopic (exact) mass is 451 g/mol. The molecule has 2 aliphatic carbocycles. The summed E-state index contributed by atoms with van der Waals surface area (Å²) in [5, 5.41) is 11.7. The Bertz CT molecular complexity index is 700. The number of hydrogen-bond acceptors (Lipinski definition) is 3. The predicted molar refractivity (Wildman–Crippen MR) is 105 cm³/mol. The molecule has 0 spiro atoms. The van der Waals surface area contributed by atoms with Crippen molar-refractivity contribution in [3.63, 3.8) is 0 Å². The van der Waals surface area contributed by atoms with Gasteiger partial charge in [-0.05, 0) is 63.7 Å². The lowest BCUT2D eigenvalue weighted by Crippen LogP contribution is -2.59. The lowest BCUT2D eigenvalue weighted by molar-refractivity contribution is -0.280. The molecule has 178 valence electrons. The molecule has 3 fully saturated rings. The molecule has 7 atom stereocenters. The molecule has 0 radical (unpaired) electrons. The average Bonchev–Trinajstić information content (AvgIpc) is 2.58. The SMILES string of the molecule is CC1(C)CC(C)(C)C2CC(C(=O)NC3CCC(C(=O)O)C(F)C3)CC(C(F)(F)F)C2O1. The maximum absolute atomic E-state index is 14.2. The van der Waals surface area contributed by atoms with Gasteiger partial charge in [-0.1, -0.05) is 13.8 Å². The van der Waals surface area contributed by atoms with Gasteiger partial charge < -0.3 is 15.2 Å². The maximum atomic E-state index is 14.2. The number of halogens is 4. The summed E-state index contributed by atoms with van der Waals surface area (Å²) >= 11 is 0. The summed E-state index contributed by atoms with van der Waals surface area (Å²) in [5.74, 6) is -5.80. The molecule has 0 aromatic carbocycles. The second-order valence-corrected chi connectivity index (χ2v) is 10.9. The number of hydrogen-bond donors (Lipinski definition) is 2. The van der Waals surface area contributed by atoms with Crippen LogP contribution < -0.4 is 5.32 Å². The summed E-state index contributed by atoms with van der Waals surface area (Å²) in [6.07, 6.45) is -6.29. The van der Waals surface area contributed by atoms with E-state index in [1.165, 1.54) is 0 Å². The fraction of sp³-hybridized carbons (Fsp3) is 0.909. The van der Waals surface area contributed by atoms with E-state index in [-0.39, 0.29) is 25.7 Å². The third kappa shape index (κ3) is 5.17. The van der Waals surface area contributed by atoms with Crippen LogP contribution in [0.1, 0.15) is 66.2 Å². The summed E-state index contributed by atoms with van der Waals surface area (Å²) in [6, 6.07) is -0.560. The molecular formula is C22H33F4NO4. The van der Waals surface area contributed by atoms with E-state index >= 15 is 0 Å². The van der Waals surface area contributed by atoms with Crippen LogP contribution in [0.3, 0.4) is 0 Å². The van der Waals surface area contributed by atoms with Gasteiger partial charge >= 0.3 is 12.1 Å². The number of carbonyl (C=O) groups is 2. The Morgan fingerprint density at radius 2 is 1.71 bits per heavy atom. The van der Waals surface area contributed by atoms with Crippen molar-refractivity contribution in [1.29, 1.82) is 0 Å². The summed E-state index contributed by atoms with van der Waals surface area (Å²) in [6.45, 7) is 7.48. The Kier molecular flexibility index (Phi) is 6.41. The summed E-state index contributed by atoms with van der Waals surface area (Å²) in [5.41, 5.74) is -1.11. The number of rotatable bonds is 3. The van der Waals surface area contributed by atoms with Crippen LogP contribution in [0.25, 0.3) is 0 Å². The van der Waals surface area contributed by atoms with Gasteiger partial charge in [-0.3, -0.25) is 9.59 Å². The van der Waals surface area contributed by atoms with Gasteiger partial charge in [-0.15, -0.1) is 0 Å². The molecule has 0 aromatic heterocycles. The van der Waals surface area contributed by atoms with Crippen LogP contribution in [-0.4, -0.2) is 47.1 Å². The topological polar surface area (TPSA) is 75.6 Å². The Morgan fingerprint density at radius 3 is 2.26 bits per heavy atom. The van der Waals surface area contributed by atoms with Crippen molar-refractivity contribution in [2.45, 2.75) is 96.3 Å². The summed E-state index contributed by atoms with van der Waals surface area (Å²) in [4.78, 5) is 24.0. The first-order chi connectivity index (χ1) is 14.1. The molecule has 7 unspecified atom stereocenters. The van der Waals surface area contributed by atoms with E-state index in [1.807, 2.05) is 13.8 Å². The molecule has 0 aromatic rings. The highest BCUT2D eigenvalue weighted by atomic mass is 19.4. The molecule has 0 bridgehead atoms. The van der Waals surface area contributed by atoms with Crippen LogP contribution in [0.4, 0.5) is 17.6 Å². The standard InChI is InChI=1S/C22H33F4NO4/c1-20(2)10-21(3,4)31-17-14(20)7-11(8-15(17)22(24,25)26)18(28)27-12-5-6-13(19(29)30)16(23)9-12/h11-17H,5-10H2,1-4H3,(H,27,28)(H,29,30). The molecule has 1 amide bonds. The van der Waals surface area contributed by atoms with Gasteiger partial charge in [0.25, 0.3) is 0 Å². The molecule has 3 rings (SSSR count). The molecule has 2 N–H and O–H groups in total. The van der Waals surface area contributed by atoms with Gasteiger partial charge in [-0.25, -0.2) is 4.39 Å². The Balaban J connectivity index is 1.74. The van der Waals surface area contributed by atoms with Crippen LogP contribution in [0.2, 0.25) is 0 Å². The van der Waals surface area contributed by atoms with E-state index in [1.54, 1.807) is 13.8 Å². The fourth-order valence-corrected chi connectivity index (χ4v) is 6.20. The van der Waals surface area contributed by atoms with Crippen molar-refractivity contribution in [1.82, 2.24) is 5.32 Å². The zero-order chi connectivity index (χ0) is 23.4. The smallest absolute Gasteiger partial charge is 0.394 e. The number of amides is 1. The second-order valence-electron chi connectivity index (χ2n) is 10.9. The molecule has 3 aliphatic rings. The number of aliphatic carboxylic acids is 1. The van der Waals surface area contributed by atoms with Crippen molar-refractivity contribution in [2.24, 2.45) is 29.1 Å². The third-order valence-electron chi connectivity index (χ3n) is 7.44. The molecule has 2 saturated carbocycles. The molecule has 1 aliphatic heterocycles. The largest absolute Gasteiger partial charge is 0.481 e. The average molecular weight is 452 g/mol.